The predicted octanol–water partition coefficient (Wildman–Crippen LogP) is -0.385. The molecule has 0 aromatic carbocycles. The third kappa shape index (κ3) is 5.10. The molecule has 1 atom stereocenters. The summed E-state index contributed by atoms with van der Waals surface area (Å²) in [6, 6.07) is -1.07. The molecule has 0 saturated heterocycles. The molecule has 6 nitrogen and oxygen atoms in total. The van der Waals surface area contributed by atoms with Crippen LogP contribution >= 0.6 is 11.8 Å². The largest absolute Gasteiger partial charge is 0.501 e. The maximum absolute atomic E-state index is 10.2. The highest BCUT2D eigenvalue weighted by Gasteiger charge is 2.11. The van der Waals surface area contributed by atoms with Gasteiger partial charge in [0.05, 0.1) is 0 Å². The van der Waals surface area contributed by atoms with E-state index in [0.717, 1.165) is 17.2 Å². The highest BCUT2D eigenvalue weighted by atomic mass is 32.2. The summed E-state index contributed by atoms with van der Waals surface area (Å²) in [6.45, 7) is 0. The van der Waals surface area contributed by atoms with Crippen LogP contribution in [0, 0.1) is 0 Å². The van der Waals surface area contributed by atoms with Gasteiger partial charge in [-0.2, -0.15) is 0 Å². The summed E-state index contributed by atoms with van der Waals surface area (Å²) in [7, 11) is 0. The summed E-state index contributed by atoms with van der Waals surface area (Å²) in [5, 5.41) is 26.1. The van der Waals surface area contributed by atoms with E-state index in [-0.39, 0.29) is 5.75 Å². The number of aliphatic hydroxyl groups is 1. The lowest BCUT2D eigenvalue weighted by Crippen LogP contribution is -2.32. The van der Waals surface area contributed by atoms with E-state index in [4.69, 9.17) is 21.1 Å². The molecular formula is C6H9NO5S. The van der Waals surface area contributed by atoms with E-state index in [1.807, 2.05) is 0 Å². The first-order chi connectivity index (χ1) is 5.95. The van der Waals surface area contributed by atoms with Crippen LogP contribution in [0.3, 0.4) is 0 Å². The van der Waals surface area contributed by atoms with Gasteiger partial charge in [-0.3, -0.25) is 4.79 Å². The van der Waals surface area contributed by atoms with E-state index in [1.54, 1.807) is 0 Å². The van der Waals surface area contributed by atoms with Gasteiger partial charge in [0, 0.05) is 11.2 Å². The van der Waals surface area contributed by atoms with Gasteiger partial charge in [-0.15, -0.1) is 11.8 Å². The number of thioether (sulfide) groups is 1. The third-order valence-electron chi connectivity index (χ3n) is 1.01. The van der Waals surface area contributed by atoms with Gasteiger partial charge in [-0.25, -0.2) is 4.79 Å². The summed E-state index contributed by atoms with van der Waals surface area (Å²) in [6.07, 6.45) is 0. The Morgan fingerprint density at radius 1 is 1.38 bits per heavy atom. The number of hydrogen-bond acceptors (Lipinski definition) is 5. The van der Waals surface area contributed by atoms with E-state index in [0.29, 0.717) is 0 Å². The number of rotatable bonds is 5. The first-order valence-corrected chi connectivity index (χ1v) is 4.22. The lowest BCUT2D eigenvalue weighted by atomic mass is 10.4. The van der Waals surface area contributed by atoms with Crippen molar-refractivity contribution in [2.45, 2.75) is 6.04 Å². The standard InChI is InChI=1S/C6H9NO5S/c7-3(5(9)10)1-13-2-4(8)6(11)12/h2-3,8H,1,7H2,(H,9,10)(H,11,12). The number of carboxylic acid groups (broad SMARTS) is 2. The minimum absolute atomic E-state index is 0.00662. The molecule has 0 aromatic heterocycles. The molecule has 0 aliphatic carbocycles. The lowest BCUT2D eigenvalue weighted by Gasteiger charge is -2.01. The molecule has 0 saturated carbocycles. The average Bonchev–Trinajstić information content (AvgIpc) is 2.03. The van der Waals surface area contributed by atoms with Crippen molar-refractivity contribution in [2.24, 2.45) is 5.73 Å². The minimum Gasteiger partial charge on any atom is -0.501 e. The molecule has 0 amide bonds. The van der Waals surface area contributed by atoms with Crippen molar-refractivity contribution in [1.29, 1.82) is 0 Å². The Morgan fingerprint density at radius 3 is 2.31 bits per heavy atom. The van der Waals surface area contributed by atoms with Crippen molar-refractivity contribution in [2.75, 3.05) is 5.75 Å². The molecule has 0 heterocycles. The normalized spacial score (nSPS) is 13.8. The van der Waals surface area contributed by atoms with Crippen LogP contribution in [-0.4, -0.2) is 39.1 Å². The Kier molecular flexibility index (Phi) is 4.93. The second-order valence-corrected chi connectivity index (χ2v) is 2.99. The van der Waals surface area contributed by atoms with Crippen molar-refractivity contribution < 1.29 is 24.9 Å². The molecule has 0 radical (unpaired) electrons. The Morgan fingerprint density at radius 2 is 1.92 bits per heavy atom. The monoisotopic (exact) mass is 207 g/mol. The fraction of sp³-hybridized carbons (Fsp3) is 0.333. The molecule has 0 rings (SSSR count). The fourth-order valence-corrected chi connectivity index (χ4v) is 1.06. The maximum atomic E-state index is 10.2. The van der Waals surface area contributed by atoms with Crippen LogP contribution < -0.4 is 5.73 Å². The molecule has 1 unspecified atom stereocenters. The van der Waals surface area contributed by atoms with Gasteiger partial charge in [0.2, 0.25) is 5.76 Å². The Balaban J connectivity index is 3.85. The van der Waals surface area contributed by atoms with Gasteiger partial charge in [0.1, 0.15) is 6.04 Å². The highest BCUT2D eigenvalue weighted by molar-refractivity contribution is 8.02. The smallest absolute Gasteiger partial charge is 0.371 e. The van der Waals surface area contributed by atoms with Crippen molar-refractivity contribution in [1.82, 2.24) is 0 Å². The molecule has 5 N–H and O–H groups in total. The van der Waals surface area contributed by atoms with Gasteiger partial charge in [-0.1, -0.05) is 0 Å². The van der Waals surface area contributed by atoms with E-state index < -0.39 is 23.7 Å². The average molecular weight is 207 g/mol. The van der Waals surface area contributed by atoms with E-state index in [2.05, 4.69) is 0 Å². The van der Waals surface area contributed by atoms with Crippen LogP contribution in [0.5, 0.6) is 0 Å². The highest BCUT2D eigenvalue weighted by Crippen LogP contribution is 2.06. The van der Waals surface area contributed by atoms with Crippen LogP contribution in [0.2, 0.25) is 0 Å². The van der Waals surface area contributed by atoms with Gasteiger partial charge in [-0.05, 0) is 0 Å². The molecule has 0 bridgehead atoms. The van der Waals surface area contributed by atoms with Crippen molar-refractivity contribution in [3.8, 4) is 0 Å². The minimum atomic E-state index is -1.46. The summed E-state index contributed by atoms with van der Waals surface area (Å²) in [5.41, 5.74) is 5.10. The van der Waals surface area contributed by atoms with Gasteiger partial charge >= 0.3 is 11.9 Å². The van der Waals surface area contributed by atoms with Gasteiger partial charge in [0.25, 0.3) is 0 Å². The Bertz CT molecular complexity index is 239. The third-order valence-corrected chi connectivity index (χ3v) is 1.95. The SMILES string of the molecule is NC(CSC=C(O)C(=O)O)C(=O)O. The number of aliphatic hydroxyl groups excluding tert-OH is 1. The summed E-state index contributed by atoms with van der Waals surface area (Å²) in [5.74, 6) is -3.46. The molecule has 7 heteroatoms. The van der Waals surface area contributed by atoms with Crippen LogP contribution in [0.25, 0.3) is 0 Å². The van der Waals surface area contributed by atoms with E-state index in [9.17, 15) is 9.59 Å². The lowest BCUT2D eigenvalue weighted by molar-refractivity contribution is -0.138. The molecule has 0 fully saturated rings. The summed E-state index contributed by atoms with van der Waals surface area (Å²) in [4.78, 5) is 20.2. The number of carboxylic acids is 2. The van der Waals surface area contributed by atoms with E-state index in [1.165, 1.54) is 0 Å². The van der Waals surface area contributed by atoms with E-state index >= 15 is 0 Å². The molecule has 0 aromatic rings. The zero-order chi connectivity index (χ0) is 10.4. The summed E-state index contributed by atoms with van der Waals surface area (Å²) >= 11 is 0.827. The van der Waals surface area contributed by atoms with Gasteiger partial charge < -0.3 is 21.1 Å². The second kappa shape index (κ2) is 5.44. The van der Waals surface area contributed by atoms with Crippen molar-refractivity contribution >= 4 is 23.7 Å². The zero-order valence-corrected chi connectivity index (χ0v) is 7.32. The molecule has 0 aliphatic rings. The maximum Gasteiger partial charge on any atom is 0.371 e. The summed E-state index contributed by atoms with van der Waals surface area (Å²) < 4.78 is 0. The Hall–Kier alpha value is -1.21. The fourth-order valence-electron chi connectivity index (χ4n) is 0.352. The second-order valence-electron chi connectivity index (χ2n) is 2.09. The molecule has 0 spiro atoms. The molecule has 13 heavy (non-hydrogen) atoms. The Labute approximate surface area is 78.0 Å². The first kappa shape index (κ1) is 11.8. The van der Waals surface area contributed by atoms with Crippen LogP contribution in [0.15, 0.2) is 11.2 Å². The number of hydrogen-bond donors (Lipinski definition) is 4. The van der Waals surface area contributed by atoms with Crippen LogP contribution in [0.1, 0.15) is 0 Å². The number of aliphatic carboxylic acids is 2. The zero-order valence-electron chi connectivity index (χ0n) is 6.51. The molecule has 0 aliphatic heterocycles. The number of nitrogens with two attached hydrogens (primary N) is 1. The van der Waals surface area contributed by atoms with Crippen molar-refractivity contribution in [3.05, 3.63) is 11.2 Å². The molecular weight excluding hydrogens is 198 g/mol. The topological polar surface area (TPSA) is 121 Å². The molecule has 74 valence electrons. The quantitative estimate of drug-likeness (QED) is 0.358. The first-order valence-electron chi connectivity index (χ1n) is 3.17. The van der Waals surface area contributed by atoms with Crippen molar-refractivity contribution in [3.63, 3.8) is 0 Å². The predicted molar refractivity (Wildman–Crippen MR) is 46.4 cm³/mol. The van der Waals surface area contributed by atoms with Crippen LogP contribution in [-0.2, 0) is 9.59 Å². The van der Waals surface area contributed by atoms with Crippen LogP contribution in [0.4, 0.5) is 0 Å². The number of carbonyl (C=O) groups is 2. The van der Waals surface area contributed by atoms with Gasteiger partial charge in [0.15, 0.2) is 0 Å².